The molecule has 0 atom stereocenters. The molecular weight excluding hydrogens is 245 g/mol. The minimum atomic E-state index is -0.406. The minimum absolute atomic E-state index is 0.206. The number of benzene rings is 2. The molecule has 100 valence electrons. The predicted molar refractivity (Wildman–Crippen MR) is 72.2 cm³/mol. The zero-order valence-corrected chi connectivity index (χ0v) is 10.7. The summed E-state index contributed by atoms with van der Waals surface area (Å²) < 4.78 is 24.7. The van der Waals surface area contributed by atoms with E-state index in [9.17, 15) is 4.39 Å². The number of para-hydroxylation sites is 3. The zero-order valence-electron chi connectivity index (χ0n) is 10.7. The highest BCUT2D eigenvalue weighted by molar-refractivity contribution is 5.45. The Morgan fingerprint density at radius 3 is 2.47 bits per heavy atom. The Balaban J connectivity index is 2.37. The largest absolute Gasteiger partial charge is 0.493 e. The summed E-state index contributed by atoms with van der Waals surface area (Å²) >= 11 is 0. The molecule has 0 saturated heterocycles. The molecule has 0 aliphatic rings. The highest BCUT2D eigenvalue weighted by atomic mass is 19.1. The summed E-state index contributed by atoms with van der Waals surface area (Å²) in [6.45, 7) is 0.436. The van der Waals surface area contributed by atoms with Crippen LogP contribution >= 0.6 is 0 Å². The van der Waals surface area contributed by atoms with Gasteiger partial charge in [-0.3, -0.25) is 0 Å². The lowest BCUT2D eigenvalue weighted by molar-refractivity contribution is 0.369. The van der Waals surface area contributed by atoms with E-state index in [0.717, 1.165) is 5.56 Å². The van der Waals surface area contributed by atoms with Crippen molar-refractivity contribution < 1.29 is 13.9 Å². The van der Waals surface area contributed by atoms with Crippen LogP contribution in [-0.2, 0) is 6.42 Å². The molecule has 0 heterocycles. The summed E-state index contributed by atoms with van der Waals surface area (Å²) in [4.78, 5) is 0. The van der Waals surface area contributed by atoms with Gasteiger partial charge in [-0.05, 0) is 36.7 Å². The fourth-order valence-corrected chi connectivity index (χ4v) is 1.83. The van der Waals surface area contributed by atoms with E-state index < -0.39 is 5.82 Å². The maximum atomic E-state index is 13.9. The fraction of sp³-hybridized carbons (Fsp3) is 0.200. The van der Waals surface area contributed by atoms with Gasteiger partial charge in [0.2, 0.25) is 0 Å². The van der Waals surface area contributed by atoms with Crippen molar-refractivity contribution in [1.29, 1.82) is 0 Å². The van der Waals surface area contributed by atoms with Crippen molar-refractivity contribution in [3.05, 3.63) is 53.8 Å². The standard InChI is InChI=1S/C15H16FNO2/c1-18-13-7-2-3-8-14(13)19-15-11(9-10-17)5-4-6-12(15)16/h2-8H,9-10,17H2,1H3. The second-order valence-electron chi connectivity index (χ2n) is 4.02. The van der Waals surface area contributed by atoms with Gasteiger partial charge in [-0.1, -0.05) is 24.3 Å². The SMILES string of the molecule is COc1ccccc1Oc1c(F)cccc1CCN. The van der Waals surface area contributed by atoms with E-state index in [-0.39, 0.29) is 5.75 Å². The third-order valence-corrected chi connectivity index (χ3v) is 2.74. The van der Waals surface area contributed by atoms with E-state index in [1.54, 1.807) is 37.4 Å². The van der Waals surface area contributed by atoms with Gasteiger partial charge in [0.05, 0.1) is 7.11 Å². The number of halogens is 1. The zero-order chi connectivity index (χ0) is 13.7. The van der Waals surface area contributed by atoms with Crippen LogP contribution in [0.25, 0.3) is 0 Å². The van der Waals surface area contributed by atoms with Crippen LogP contribution in [0.15, 0.2) is 42.5 Å². The van der Waals surface area contributed by atoms with Crippen molar-refractivity contribution in [3.63, 3.8) is 0 Å². The van der Waals surface area contributed by atoms with Crippen molar-refractivity contribution >= 4 is 0 Å². The molecule has 0 aliphatic carbocycles. The quantitative estimate of drug-likeness (QED) is 0.899. The molecule has 2 rings (SSSR count). The van der Waals surface area contributed by atoms with Gasteiger partial charge in [0.25, 0.3) is 0 Å². The molecule has 0 spiro atoms. The molecule has 0 unspecified atom stereocenters. The lowest BCUT2D eigenvalue weighted by atomic mass is 10.1. The van der Waals surface area contributed by atoms with Gasteiger partial charge in [-0.15, -0.1) is 0 Å². The summed E-state index contributed by atoms with van der Waals surface area (Å²) in [7, 11) is 1.55. The lowest BCUT2D eigenvalue weighted by Gasteiger charge is -2.13. The Morgan fingerprint density at radius 1 is 1.05 bits per heavy atom. The average Bonchev–Trinajstić information content (AvgIpc) is 2.43. The average molecular weight is 261 g/mol. The van der Waals surface area contributed by atoms with Gasteiger partial charge < -0.3 is 15.2 Å². The molecule has 3 nitrogen and oxygen atoms in total. The smallest absolute Gasteiger partial charge is 0.169 e. The number of rotatable bonds is 5. The molecule has 0 saturated carbocycles. The Morgan fingerprint density at radius 2 is 1.79 bits per heavy atom. The van der Waals surface area contributed by atoms with Crippen LogP contribution in [0.1, 0.15) is 5.56 Å². The lowest BCUT2D eigenvalue weighted by Crippen LogP contribution is -2.05. The van der Waals surface area contributed by atoms with Gasteiger partial charge >= 0.3 is 0 Å². The predicted octanol–water partition coefficient (Wildman–Crippen LogP) is 3.13. The molecule has 2 aromatic rings. The van der Waals surface area contributed by atoms with Crippen LogP contribution in [0.2, 0.25) is 0 Å². The van der Waals surface area contributed by atoms with Crippen LogP contribution in [-0.4, -0.2) is 13.7 Å². The summed E-state index contributed by atoms with van der Waals surface area (Å²) in [5.74, 6) is 0.840. The van der Waals surface area contributed by atoms with Crippen LogP contribution in [0.5, 0.6) is 17.2 Å². The Kier molecular flexibility index (Phi) is 4.36. The monoisotopic (exact) mass is 261 g/mol. The summed E-state index contributed by atoms with van der Waals surface area (Å²) in [5.41, 5.74) is 6.27. The molecule has 0 radical (unpaired) electrons. The Hall–Kier alpha value is -2.07. The molecule has 2 aromatic carbocycles. The van der Waals surface area contributed by atoms with Crippen LogP contribution in [0, 0.1) is 5.82 Å². The topological polar surface area (TPSA) is 44.5 Å². The number of ether oxygens (including phenoxy) is 2. The third-order valence-electron chi connectivity index (χ3n) is 2.74. The third kappa shape index (κ3) is 3.03. The fourth-order valence-electron chi connectivity index (χ4n) is 1.83. The molecule has 19 heavy (non-hydrogen) atoms. The molecule has 0 fully saturated rings. The maximum Gasteiger partial charge on any atom is 0.169 e. The van der Waals surface area contributed by atoms with Gasteiger partial charge in [-0.25, -0.2) is 4.39 Å². The first-order chi connectivity index (χ1) is 9.26. The van der Waals surface area contributed by atoms with Gasteiger partial charge in [0.1, 0.15) is 0 Å². The van der Waals surface area contributed by atoms with E-state index >= 15 is 0 Å². The van der Waals surface area contributed by atoms with Gasteiger partial charge in [0, 0.05) is 0 Å². The van der Waals surface area contributed by atoms with E-state index in [1.807, 2.05) is 6.07 Å². The number of nitrogens with two attached hydrogens (primary N) is 1. The summed E-state index contributed by atoms with van der Waals surface area (Å²) in [6.07, 6.45) is 0.558. The normalized spacial score (nSPS) is 10.3. The van der Waals surface area contributed by atoms with Crippen molar-refractivity contribution in [2.45, 2.75) is 6.42 Å². The Labute approximate surface area is 111 Å². The second kappa shape index (κ2) is 6.20. The van der Waals surface area contributed by atoms with Gasteiger partial charge in [0.15, 0.2) is 23.1 Å². The van der Waals surface area contributed by atoms with E-state index in [1.165, 1.54) is 6.07 Å². The highest BCUT2D eigenvalue weighted by Gasteiger charge is 2.12. The molecule has 2 N–H and O–H groups in total. The van der Waals surface area contributed by atoms with Gasteiger partial charge in [-0.2, -0.15) is 0 Å². The van der Waals surface area contributed by atoms with Crippen molar-refractivity contribution in [1.82, 2.24) is 0 Å². The van der Waals surface area contributed by atoms with Crippen LogP contribution in [0.3, 0.4) is 0 Å². The first-order valence-corrected chi connectivity index (χ1v) is 6.04. The van der Waals surface area contributed by atoms with Crippen molar-refractivity contribution in [2.75, 3.05) is 13.7 Å². The maximum absolute atomic E-state index is 13.9. The van der Waals surface area contributed by atoms with Crippen LogP contribution < -0.4 is 15.2 Å². The highest BCUT2D eigenvalue weighted by Crippen LogP contribution is 2.34. The van der Waals surface area contributed by atoms with Crippen molar-refractivity contribution in [3.8, 4) is 17.2 Å². The van der Waals surface area contributed by atoms with E-state index in [2.05, 4.69) is 0 Å². The van der Waals surface area contributed by atoms with E-state index in [4.69, 9.17) is 15.2 Å². The second-order valence-corrected chi connectivity index (χ2v) is 4.02. The molecule has 0 bridgehead atoms. The first-order valence-electron chi connectivity index (χ1n) is 6.04. The summed E-state index contributed by atoms with van der Waals surface area (Å²) in [5, 5.41) is 0. The van der Waals surface area contributed by atoms with E-state index in [0.29, 0.717) is 24.5 Å². The first kappa shape index (κ1) is 13.4. The number of hydrogen-bond acceptors (Lipinski definition) is 3. The number of methoxy groups -OCH3 is 1. The number of hydrogen-bond donors (Lipinski definition) is 1. The molecule has 0 aromatic heterocycles. The molecule has 0 aliphatic heterocycles. The molecule has 0 amide bonds. The Bertz CT molecular complexity index is 558. The van der Waals surface area contributed by atoms with Crippen LogP contribution in [0.4, 0.5) is 4.39 Å². The molecular formula is C15H16FNO2. The summed E-state index contributed by atoms with van der Waals surface area (Å²) in [6, 6.07) is 12.0. The molecule has 4 heteroatoms. The minimum Gasteiger partial charge on any atom is -0.493 e. The van der Waals surface area contributed by atoms with Crippen molar-refractivity contribution in [2.24, 2.45) is 5.73 Å².